The van der Waals surface area contributed by atoms with Crippen LogP contribution in [0.3, 0.4) is 0 Å². The first-order valence-electron chi connectivity index (χ1n) is 7.35. The van der Waals surface area contributed by atoms with Crippen LogP contribution in [0.5, 0.6) is 0 Å². The molecule has 2 atom stereocenters. The Hall–Kier alpha value is -1.10. The topological polar surface area (TPSA) is 30.0 Å². The van der Waals surface area contributed by atoms with E-state index in [1.165, 1.54) is 11.3 Å². The monoisotopic (exact) mass is 277 g/mol. The molecule has 0 aliphatic carbocycles. The average molecular weight is 277 g/mol. The zero-order valence-electron chi connectivity index (χ0n) is 13.1. The number of piperazine rings is 1. The van der Waals surface area contributed by atoms with Gasteiger partial charge in [0, 0.05) is 45.5 Å². The minimum Gasteiger partial charge on any atom is -0.394 e. The number of aliphatic hydroxyl groups excluding tert-OH is 1. The summed E-state index contributed by atoms with van der Waals surface area (Å²) in [5, 5.41) is 9.80. The van der Waals surface area contributed by atoms with Crippen molar-refractivity contribution in [2.75, 3.05) is 52.3 Å². The van der Waals surface area contributed by atoms with Crippen molar-refractivity contribution in [3.63, 3.8) is 0 Å². The first-order valence-corrected chi connectivity index (χ1v) is 7.35. The van der Waals surface area contributed by atoms with Gasteiger partial charge in [-0.3, -0.25) is 4.90 Å². The number of benzene rings is 1. The average Bonchev–Trinajstić information content (AvgIpc) is 2.44. The predicted octanol–water partition coefficient (Wildman–Crippen LogP) is 1.42. The van der Waals surface area contributed by atoms with Gasteiger partial charge in [-0.05, 0) is 31.7 Å². The third-order valence-corrected chi connectivity index (χ3v) is 4.40. The van der Waals surface area contributed by atoms with Crippen molar-refractivity contribution in [3.8, 4) is 0 Å². The Kier molecular flexibility index (Phi) is 5.02. The largest absolute Gasteiger partial charge is 0.394 e. The third-order valence-electron chi connectivity index (χ3n) is 4.40. The lowest BCUT2D eigenvalue weighted by atomic mass is 10.0. The van der Waals surface area contributed by atoms with Crippen LogP contribution in [0.1, 0.15) is 18.5 Å². The van der Waals surface area contributed by atoms with Crippen LogP contribution >= 0.6 is 0 Å². The van der Waals surface area contributed by atoms with E-state index >= 15 is 0 Å². The van der Waals surface area contributed by atoms with E-state index in [2.05, 4.69) is 52.9 Å². The lowest BCUT2D eigenvalue weighted by Crippen LogP contribution is -2.51. The molecule has 0 aromatic heterocycles. The van der Waals surface area contributed by atoms with Crippen LogP contribution in [-0.2, 0) is 0 Å². The molecule has 4 heteroatoms. The van der Waals surface area contributed by atoms with Crippen LogP contribution in [0.15, 0.2) is 24.3 Å². The highest BCUT2D eigenvalue weighted by atomic mass is 16.3. The smallest absolute Gasteiger partial charge is 0.0628 e. The summed E-state index contributed by atoms with van der Waals surface area (Å²) in [5.41, 5.74) is 2.40. The molecule has 1 aromatic rings. The number of nitrogens with zero attached hydrogens (tertiary/aromatic N) is 3. The van der Waals surface area contributed by atoms with Gasteiger partial charge in [0.05, 0.1) is 12.6 Å². The van der Waals surface area contributed by atoms with Crippen molar-refractivity contribution in [1.29, 1.82) is 0 Å². The van der Waals surface area contributed by atoms with Gasteiger partial charge in [-0.15, -0.1) is 0 Å². The summed E-state index contributed by atoms with van der Waals surface area (Å²) in [6, 6.07) is 9.18. The van der Waals surface area contributed by atoms with E-state index in [0.29, 0.717) is 6.04 Å². The molecule has 1 aromatic carbocycles. The van der Waals surface area contributed by atoms with Crippen molar-refractivity contribution in [3.05, 3.63) is 29.8 Å². The van der Waals surface area contributed by atoms with Crippen LogP contribution in [0, 0.1) is 0 Å². The molecule has 1 aliphatic rings. The predicted molar refractivity (Wildman–Crippen MR) is 84.3 cm³/mol. The normalized spacial score (nSPS) is 22.8. The summed E-state index contributed by atoms with van der Waals surface area (Å²) in [5.74, 6) is 0. The summed E-state index contributed by atoms with van der Waals surface area (Å²) in [7, 11) is 6.25. The molecule has 112 valence electrons. The fourth-order valence-corrected chi connectivity index (χ4v) is 2.79. The number of hydrogen-bond acceptors (Lipinski definition) is 4. The van der Waals surface area contributed by atoms with Gasteiger partial charge in [0.1, 0.15) is 0 Å². The van der Waals surface area contributed by atoms with E-state index in [9.17, 15) is 5.11 Å². The van der Waals surface area contributed by atoms with E-state index in [1.54, 1.807) is 0 Å². The molecule has 2 unspecified atom stereocenters. The van der Waals surface area contributed by atoms with Crippen molar-refractivity contribution >= 4 is 5.69 Å². The summed E-state index contributed by atoms with van der Waals surface area (Å²) >= 11 is 0. The van der Waals surface area contributed by atoms with Gasteiger partial charge in [-0.2, -0.15) is 0 Å². The van der Waals surface area contributed by atoms with Crippen LogP contribution < -0.4 is 4.90 Å². The van der Waals surface area contributed by atoms with E-state index in [1.807, 2.05) is 14.1 Å². The summed E-state index contributed by atoms with van der Waals surface area (Å²) in [6.45, 7) is 5.51. The maximum Gasteiger partial charge on any atom is 0.0628 e. The maximum absolute atomic E-state index is 9.80. The second kappa shape index (κ2) is 6.57. The van der Waals surface area contributed by atoms with Crippen LogP contribution in [0.2, 0.25) is 0 Å². The van der Waals surface area contributed by atoms with Gasteiger partial charge in [-0.25, -0.2) is 0 Å². The fourth-order valence-electron chi connectivity index (χ4n) is 2.79. The molecule has 1 aliphatic heterocycles. The third kappa shape index (κ3) is 3.32. The number of anilines is 1. The fraction of sp³-hybridized carbons (Fsp3) is 0.625. The number of likely N-dealkylation sites (N-methyl/N-ethyl adjacent to an activating group) is 1. The standard InChI is InChI=1S/C16H27N3O/c1-13-11-19(10-9-18(13)4)16(12-20)14-5-7-15(8-6-14)17(2)3/h5-8,13,16,20H,9-12H2,1-4H3. The number of aliphatic hydroxyl groups is 1. The molecule has 0 saturated carbocycles. The van der Waals surface area contributed by atoms with Gasteiger partial charge in [0.2, 0.25) is 0 Å². The molecule has 1 N–H and O–H groups in total. The molecule has 20 heavy (non-hydrogen) atoms. The summed E-state index contributed by atoms with van der Waals surface area (Å²) in [6.07, 6.45) is 0. The Morgan fingerprint density at radius 3 is 2.40 bits per heavy atom. The van der Waals surface area contributed by atoms with Crippen LogP contribution in [0.25, 0.3) is 0 Å². The van der Waals surface area contributed by atoms with Crippen molar-refractivity contribution in [2.24, 2.45) is 0 Å². The zero-order valence-corrected chi connectivity index (χ0v) is 13.1. The van der Waals surface area contributed by atoms with Crippen molar-refractivity contribution < 1.29 is 5.11 Å². The number of rotatable bonds is 4. The summed E-state index contributed by atoms with van der Waals surface area (Å²) in [4.78, 5) is 6.87. The molecule has 0 radical (unpaired) electrons. The van der Waals surface area contributed by atoms with E-state index < -0.39 is 0 Å². The van der Waals surface area contributed by atoms with Crippen molar-refractivity contribution in [1.82, 2.24) is 9.80 Å². The molecule has 1 saturated heterocycles. The second-order valence-electron chi connectivity index (χ2n) is 6.01. The first kappa shape index (κ1) is 15.3. The molecule has 0 spiro atoms. The minimum absolute atomic E-state index is 0.113. The Morgan fingerprint density at radius 2 is 1.90 bits per heavy atom. The lowest BCUT2D eigenvalue weighted by Gasteiger charge is -2.41. The maximum atomic E-state index is 9.80. The molecular formula is C16H27N3O. The second-order valence-corrected chi connectivity index (χ2v) is 6.01. The molecule has 0 bridgehead atoms. The minimum atomic E-state index is 0.113. The summed E-state index contributed by atoms with van der Waals surface area (Å²) < 4.78 is 0. The van der Waals surface area contributed by atoms with Crippen LogP contribution in [-0.4, -0.2) is 68.3 Å². The van der Waals surface area contributed by atoms with Gasteiger partial charge in [-0.1, -0.05) is 12.1 Å². The van der Waals surface area contributed by atoms with Gasteiger partial charge in [0.25, 0.3) is 0 Å². The Labute approximate surface area is 122 Å². The van der Waals surface area contributed by atoms with E-state index in [4.69, 9.17) is 0 Å². The highest BCUT2D eigenvalue weighted by Gasteiger charge is 2.27. The molecule has 0 amide bonds. The van der Waals surface area contributed by atoms with Gasteiger partial charge < -0.3 is 14.9 Å². The molecular weight excluding hydrogens is 250 g/mol. The number of hydrogen-bond donors (Lipinski definition) is 1. The highest BCUT2D eigenvalue weighted by Crippen LogP contribution is 2.25. The van der Waals surface area contributed by atoms with Gasteiger partial charge in [0.15, 0.2) is 0 Å². The Bertz CT molecular complexity index is 418. The highest BCUT2D eigenvalue weighted by molar-refractivity contribution is 5.46. The zero-order chi connectivity index (χ0) is 14.7. The molecule has 4 nitrogen and oxygen atoms in total. The first-order chi connectivity index (χ1) is 9.52. The quantitative estimate of drug-likeness (QED) is 0.901. The molecule has 1 heterocycles. The van der Waals surface area contributed by atoms with E-state index in [0.717, 1.165) is 19.6 Å². The molecule has 2 rings (SSSR count). The SMILES string of the molecule is CC1CN(C(CO)c2ccc(N(C)C)cc2)CCN1C. The van der Waals surface area contributed by atoms with E-state index in [-0.39, 0.29) is 12.6 Å². The van der Waals surface area contributed by atoms with Crippen LogP contribution in [0.4, 0.5) is 5.69 Å². The Morgan fingerprint density at radius 1 is 1.25 bits per heavy atom. The lowest BCUT2D eigenvalue weighted by molar-refractivity contribution is 0.0464. The van der Waals surface area contributed by atoms with Gasteiger partial charge >= 0.3 is 0 Å². The molecule has 1 fully saturated rings. The Balaban J connectivity index is 2.11. The van der Waals surface area contributed by atoms with Crippen molar-refractivity contribution in [2.45, 2.75) is 19.0 Å².